The third-order valence-corrected chi connectivity index (χ3v) is 4.94. The van der Waals surface area contributed by atoms with Gasteiger partial charge in [0.1, 0.15) is 0 Å². The van der Waals surface area contributed by atoms with Crippen LogP contribution in [0, 0.1) is 0 Å². The topological polar surface area (TPSA) is 32.3 Å². The first-order chi connectivity index (χ1) is 10.2. The van der Waals surface area contributed by atoms with Crippen molar-refractivity contribution in [1.29, 1.82) is 0 Å². The monoisotopic (exact) mass is 306 g/mol. The van der Waals surface area contributed by atoms with Crippen LogP contribution in [0.25, 0.3) is 0 Å². The molecule has 21 heavy (non-hydrogen) atoms. The summed E-state index contributed by atoms with van der Waals surface area (Å²) in [6.07, 6.45) is 4.83. The molecule has 1 aromatic carbocycles. The maximum Gasteiger partial charge on any atom is 0.235 e. The molecule has 4 heteroatoms. The van der Waals surface area contributed by atoms with Crippen molar-refractivity contribution in [2.24, 2.45) is 0 Å². The van der Waals surface area contributed by atoms with Gasteiger partial charge >= 0.3 is 0 Å². The Morgan fingerprint density at radius 2 is 2.00 bits per heavy atom. The van der Waals surface area contributed by atoms with Crippen LogP contribution in [0.1, 0.15) is 38.2 Å². The summed E-state index contributed by atoms with van der Waals surface area (Å²) in [5, 5.41) is 3.15. The molecule has 1 unspecified atom stereocenters. The van der Waals surface area contributed by atoms with Crippen molar-refractivity contribution in [1.82, 2.24) is 10.2 Å². The number of carbonyl (C=O) groups is 1. The largest absolute Gasteiger partial charge is 0.342 e. The SMILES string of the molecule is CNCc1cccc(SC(C)C(=O)N2CCCCCC2)c1. The van der Waals surface area contributed by atoms with E-state index in [9.17, 15) is 4.79 Å². The Bertz CT molecular complexity index is 456. The Labute approximate surface area is 132 Å². The van der Waals surface area contributed by atoms with Crippen LogP contribution in [0.2, 0.25) is 0 Å². The summed E-state index contributed by atoms with van der Waals surface area (Å²) in [4.78, 5) is 15.8. The first kappa shape index (κ1) is 16.4. The van der Waals surface area contributed by atoms with Crippen LogP contribution in [-0.2, 0) is 11.3 Å². The van der Waals surface area contributed by atoms with E-state index in [2.05, 4.69) is 34.5 Å². The van der Waals surface area contributed by atoms with Crippen LogP contribution >= 0.6 is 11.8 Å². The molecule has 1 saturated heterocycles. The first-order valence-electron chi connectivity index (χ1n) is 7.89. The van der Waals surface area contributed by atoms with Crippen molar-refractivity contribution in [3.05, 3.63) is 29.8 Å². The molecule has 116 valence electrons. The average Bonchev–Trinajstić information content (AvgIpc) is 2.76. The lowest BCUT2D eigenvalue weighted by Gasteiger charge is -2.24. The van der Waals surface area contributed by atoms with E-state index in [4.69, 9.17) is 0 Å². The molecule has 1 N–H and O–H groups in total. The molecule has 1 aliphatic rings. The van der Waals surface area contributed by atoms with Gasteiger partial charge < -0.3 is 10.2 Å². The van der Waals surface area contributed by atoms with Gasteiger partial charge in [0, 0.05) is 24.5 Å². The summed E-state index contributed by atoms with van der Waals surface area (Å²) >= 11 is 1.67. The highest BCUT2D eigenvalue weighted by Crippen LogP contribution is 2.26. The summed E-state index contributed by atoms with van der Waals surface area (Å²) in [7, 11) is 1.95. The molecule has 1 heterocycles. The van der Waals surface area contributed by atoms with Gasteiger partial charge in [0.2, 0.25) is 5.91 Å². The van der Waals surface area contributed by atoms with Crippen molar-refractivity contribution < 1.29 is 4.79 Å². The second-order valence-corrected chi connectivity index (χ2v) is 7.09. The molecule has 0 radical (unpaired) electrons. The number of thioether (sulfide) groups is 1. The van der Waals surface area contributed by atoms with Crippen molar-refractivity contribution in [3.8, 4) is 0 Å². The Hall–Kier alpha value is -1.00. The van der Waals surface area contributed by atoms with Crippen LogP contribution < -0.4 is 5.32 Å². The maximum absolute atomic E-state index is 12.6. The van der Waals surface area contributed by atoms with Gasteiger partial charge in [-0.05, 0) is 44.5 Å². The number of hydrogen-bond donors (Lipinski definition) is 1. The van der Waals surface area contributed by atoms with Gasteiger partial charge in [-0.2, -0.15) is 0 Å². The molecule has 0 aromatic heterocycles. The summed E-state index contributed by atoms with van der Waals surface area (Å²) in [5.41, 5.74) is 1.26. The first-order valence-corrected chi connectivity index (χ1v) is 8.77. The lowest BCUT2D eigenvalue weighted by molar-refractivity contribution is -0.130. The zero-order valence-electron chi connectivity index (χ0n) is 13.1. The van der Waals surface area contributed by atoms with E-state index in [1.54, 1.807) is 11.8 Å². The number of nitrogens with one attached hydrogen (secondary N) is 1. The molecule has 1 aromatic rings. The predicted molar refractivity (Wildman–Crippen MR) is 89.6 cm³/mol. The smallest absolute Gasteiger partial charge is 0.235 e. The molecule has 3 nitrogen and oxygen atoms in total. The lowest BCUT2D eigenvalue weighted by Crippen LogP contribution is -2.37. The number of likely N-dealkylation sites (tertiary alicyclic amines) is 1. The lowest BCUT2D eigenvalue weighted by atomic mass is 10.2. The molecule has 2 rings (SSSR count). The zero-order valence-corrected chi connectivity index (χ0v) is 13.9. The van der Waals surface area contributed by atoms with Gasteiger partial charge in [-0.25, -0.2) is 0 Å². The van der Waals surface area contributed by atoms with Crippen LogP contribution in [0.15, 0.2) is 29.2 Å². The van der Waals surface area contributed by atoms with E-state index in [1.165, 1.54) is 23.3 Å². The molecule has 0 bridgehead atoms. The highest BCUT2D eigenvalue weighted by molar-refractivity contribution is 8.00. The summed E-state index contributed by atoms with van der Waals surface area (Å²) in [5.74, 6) is 0.293. The summed E-state index contributed by atoms with van der Waals surface area (Å²) in [6, 6.07) is 8.45. The standard InChI is InChI=1S/C17H26N2OS/c1-14(17(20)19-10-5-3-4-6-11-19)21-16-9-7-8-15(12-16)13-18-2/h7-9,12,14,18H,3-6,10-11,13H2,1-2H3. The third kappa shape index (κ3) is 5.04. The minimum atomic E-state index is -0.00654. The molecular formula is C17H26N2OS. The Kier molecular flexibility index (Phi) is 6.58. The summed E-state index contributed by atoms with van der Waals surface area (Å²) in [6.45, 7) is 4.76. The van der Waals surface area contributed by atoms with Crippen LogP contribution in [0.3, 0.4) is 0 Å². The molecular weight excluding hydrogens is 280 g/mol. The number of hydrogen-bond acceptors (Lipinski definition) is 3. The number of carbonyl (C=O) groups excluding carboxylic acids is 1. The van der Waals surface area contributed by atoms with E-state index in [0.29, 0.717) is 5.91 Å². The van der Waals surface area contributed by atoms with Gasteiger partial charge in [0.15, 0.2) is 0 Å². The van der Waals surface area contributed by atoms with Crippen molar-refractivity contribution in [3.63, 3.8) is 0 Å². The molecule has 0 saturated carbocycles. The fourth-order valence-corrected chi connectivity index (χ4v) is 3.77. The normalized spacial score (nSPS) is 17.3. The highest BCUT2D eigenvalue weighted by Gasteiger charge is 2.22. The highest BCUT2D eigenvalue weighted by atomic mass is 32.2. The molecule has 1 atom stereocenters. The van der Waals surface area contributed by atoms with Gasteiger partial charge in [-0.3, -0.25) is 4.79 Å². The Morgan fingerprint density at radius 3 is 2.67 bits per heavy atom. The van der Waals surface area contributed by atoms with E-state index >= 15 is 0 Å². The minimum absolute atomic E-state index is 0.00654. The average molecular weight is 306 g/mol. The van der Waals surface area contributed by atoms with Crippen molar-refractivity contribution >= 4 is 17.7 Å². The van der Waals surface area contributed by atoms with Gasteiger partial charge in [0.05, 0.1) is 5.25 Å². The predicted octanol–water partition coefficient (Wildman–Crippen LogP) is 3.29. The van der Waals surface area contributed by atoms with E-state index < -0.39 is 0 Å². The van der Waals surface area contributed by atoms with Gasteiger partial charge in [-0.1, -0.05) is 25.0 Å². The van der Waals surface area contributed by atoms with E-state index in [0.717, 1.165) is 32.5 Å². The third-order valence-electron chi connectivity index (χ3n) is 3.86. The van der Waals surface area contributed by atoms with E-state index in [-0.39, 0.29) is 5.25 Å². The number of rotatable bonds is 5. The fourth-order valence-electron chi connectivity index (χ4n) is 2.74. The van der Waals surface area contributed by atoms with Gasteiger partial charge in [0.25, 0.3) is 0 Å². The molecule has 1 aliphatic heterocycles. The maximum atomic E-state index is 12.6. The van der Waals surface area contributed by atoms with Crippen LogP contribution in [-0.4, -0.2) is 36.2 Å². The second-order valence-electron chi connectivity index (χ2n) is 5.68. The number of benzene rings is 1. The van der Waals surface area contributed by atoms with Crippen molar-refractivity contribution in [2.45, 2.75) is 49.3 Å². The molecule has 0 spiro atoms. The van der Waals surface area contributed by atoms with E-state index in [1.807, 2.05) is 14.0 Å². The molecule has 1 fully saturated rings. The second kappa shape index (κ2) is 8.44. The quantitative estimate of drug-likeness (QED) is 0.847. The Balaban J connectivity index is 1.94. The van der Waals surface area contributed by atoms with Gasteiger partial charge in [-0.15, -0.1) is 11.8 Å². The number of nitrogens with zero attached hydrogens (tertiary/aromatic N) is 1. The van der Waals surface area contributed by atoms with Crippen LogP contribution in [0.4, 0.5) is 0 Å². The zero-order chi connectivity index (χ0) is 15.1. The molecule has 0 aliphatic carbocycles. The minimum Gasteiger partial charge on any atom is -0.342 e. The number of amides is 1. The summed E-state index contributed by atoms with van der Waals surface area (Å²) < 4.78 is 0. The molecule has 1 amide bonds. The van der Waals surface area contributed by atoms with Crippen LogP contribution in [0.5, 0.6) is 0 Å². The Morgan fingerprint density at radius 1 is 1.29 bits per heavy atom. The fraction of sp³-hybridized carbons (Fsp3) is 0.588. The van der Waals surface area contributed by atoms with Crippen molar-refractivity contribution in [2.75, 3.05) is 20.1 Å².